The smallest absolute Gasteiger partial charge is 0.259 e. The van der Waals surface area contributed by atoms with Crippen LogP contribution in [0.2, 0.25) is 0 Å². The van der Waals surface area contributed by atoms with Crippen LogP contribution in [0.1, 0.15) is 15.9 Å². The number of carbonyl (C=O) groups excluding carboxylic acids is 1. The zero-order valence-corrected chi connectivity index (χ0v) is 18.0. The molecule has 32 heavy (non-hydrogen) atoms. The molecule has 4 rings (SSSR count). The molecule has 0 aliphatic rings. The highest BCUT2D eigenvalue weighted by Gasteiger charge is 2.18. The van der Waals surface area contributed by atoms with E-state index in [-0.39, 0.29) is 5.91 Å². The third kappa shape index (κ3) is 4.57. The first kappa shape index (κ1) is 21.0. The Hall–Kier alpha value is -4.26. The van der Waals surface area contributed by atoms with E-state index < -0.39 is 0 Å². The summed E-state index contributed by atoms with van der Waals surface area (Å²) in [6.45, 7) is 2.02. The Morgan fingerprint density at radius 3 is 2.16 bits per heavy atom. The van der Waals surface area contributed by atoms with Gasteiger partial charge in [0.15, 0.2) is 5.82 Å². The number of amides is 1. The van der Waals surface area contributed by atoms with Crippen molar-refractivity contribution in [3.63, 3.8) is 0 Å². The van der Waals surface area contributed by atoms with Gasteiger partial charge < -0.3 is 14.8 Å². The molecule has 0 spiro atoms. The first-order valence-corrected chi connectivity index (χ1v) is 9.96. The van der Waals surface area contributed by atoms with Crippen LogP contribution in [0, 0.1) is 6.92 Å². The number of nitrogens with one attached hydrogen (secondary N) is 1. The Morgan fingerprint density at radius 1 is 0.875 bits per heavy atom. The third-order valence-electron chi connectivity index (χ3n) is 4.91. The molecular formula is C25H22N4O3. The summed E-state index contributed by atoms with van der Waals surface area (Å²) < 4.78 is 10.6. The zero-order valence-electron chi connectivity index (χ0n) is 18.0. The van der Waals surface area contributed by atoms with Crippen molar-refractivity contribution in [2.24, 2.45) is 0 Å². The summed E-state index contributed by atoms with van der Waals surface area (Å²) in [5.74, 6) is 1.33. The van der Waals surface area contributed by atoms with Gasteiger partial charge in [-0.3, -0.25) is 9.78 Å². The Kier molecular flexibility index (Phi) is 6.07. The number of methoxy groups -OCH3 is 2. The number of rotatable bonds is 6. The van der Waals surface area contributed by atoms with Crippen LogP contribution in [-0.2, 0) is 0 Å². The molecule has 0 fully saturated rings. The van der Waals surface area contributed by atoms with E-state index in [9.17, 15) is 4.79 Å². The number of benzene rings is 2. The Balaban J connectivity index is 1.74. The molecule has 4 aromatic rings. The van der Waals surface area contributed by atoms with Crippen LogP contribution in [0.15, 0.2) is 73.2 Å². The molecule has 160 valence electrons. The van der Waals surface area contributed by atoms with Crippen molar-refractivity contribution in [2.45, 2.75) is 6.92 Å². The van der Waals surface area contributed by atoms with Gasteiger partial charge in [-0.1, -0.05) is 29.8 Å². The summed E-state index contributed by atoms with van der Waals surface area (Å²) >= 11 is 0. The molecule has 0 aliphatic heterocycles. The highest BCUT2D eigenvalue weighted by Crippen LogP contribution is 2.28. The minimum absolute atomic E-state index is 0.342. The summed E-state index contributed by atoms with van der Waals surface area (Å²) in [6.07, 6.45) is 4.87. The number of pyridine rings is 1. The predicted octanol–water partition coefficient (Wildman–Crippen LogP) is 4.78. The van der Waals surface area contributed by atoms with E-state index in [1.165, 1.54) is 0 Å². The summed E-state index contributed by atoms with van der Waals surface area (Å²) in [7, 11) is 3.11. The molecular weight excluding hydrogens is 404 g/mol. The van der Waals surface area contributed by atoms with Crippen LogP contribution < -0.4 is 14.8 Å². The topological polar surface area (TPSA) is 86.2 Å². The van der Waals surface area contributed by atoms with Crippen LogP contribution in [-0.4, -0.2) is 35.1 Å². The van der Waals surface area contributed by atoms with E-state index >= 15 is 0 Å². The largest absolute Gasteiger partial charge is 0.497 e. The van der Waals surface area contributed by atoms with Gasteiger partial charge in [0, 0.05) is 53.6 Å². The summed E-state index contributed by atoms with van der Waals surface area (Å²) in [5.41, 5.74) is 4.18. The molecule has 0 unspecified atom stereocenters. The van der Waals surface area contributed by atoms with Gasteiger partial charge in [0.2, 0.25) is 0 Å². The monoisotopic (exact) mass is 426 g/mol. The number of nitrogens with zero attached hydrogens (tertiary/aromatic N) is 3. The maximum absolute atomic E-state index is 13.2. The number of hydrogen-bond acceptors (Lipinski definition) is 6. The minimum Gasteiger partial charge on any atom is -0.497 e. The second kappa shape index (κ2) is 9.26. The molecule has 0 radical (unpaired) electrons. The fourth-order valence-electron chi connectivity index (χ4n) is 3.20. The standard InChI is InChI=1S/C25H22N4O3/c1-16-4-6-18(7-5-16)24-27-15-22(23(29-24)17-8-10-26-11-9-17)25(30)28-19-12-20(31-2)14-21(13-19)32-3/h4-15H,1-3H3,(H,28,30). The fourth-order valence-corrected chi connectivity index (χ4v) is 3.20. The number of hydrogen-bond donors (Lipinski definition) is 1. The molecule has 0 atom stereocenters. The molecule has 2 aromatic carbocycles. The summed E-state index contributed by atoms with van der Waals surface area (Å²) in [4.78, 5) is 26.5. The quantitative estimate of drug-likeness (QED) is 0.477. The average Bonchev–Trinajstić information content (AvgIpc) is 2.84. The second-order valence-corrected chi connectivity index (χ2v) is 7.11. The van der Waals surface area contributed by atoms with Gasteiger partial charge in [-0.05, 0) is 19.1 Å². The number of carbonyl (C=O) groups is 1. The van der Waals surface area contributed by atoms with Crippen LogP contribution >= 0.6 is 0 Å². The first-order valence-electron chi connectivity index (χ1n) is 9.96. The molecule has 0 saturated carbocycles. The predicted molar refractivity (Wildman–Crippen MR) is 123 cm³/mol. The van der Waals surface area contributed by atoms with Gasteiger partial charge in [0.05, 0.1) is 25.5 Å². The van der Waals surface area contributed by atoms with E-state index in [2.05, 4.69) is 15.3 Å². The van der Waals surface area contributed by atoms with Crippen molar-refractivity contribution >= 4 is 11.6 Å². The molecule has 7 nitrogen and oxygen atoms in total. The lowest BCUT2D eigenvalue weighted by atomic mass is 10.1. The van der Waals surface area contributed by atoms with Crippen LogP contribution in [0.25, 0.3) is 22.6 Å². The first-order chi connectivity index (χ1) is 15.6. The van der Waals surface area contributed by atoms with E-state index in [0.29, 0.717) is 34.3 Å². The summed E-state index contributed by atoms with van der Waals surface area (Å²) in [5, 5.41) is 2.89. The van der Waals surface area contributed by atoms with Crippen LogP contribution in [0.5, 0.6) is 11.5 Å². The Labute approximate surface area is 186 Å². The molecule has 1 amide bonds. The normalized spacial score (nSPS) is 10.5. The van der Waals surface area contributed by atoms with E-state index in [1.807, 2.05) is 43.3 Å². The molecule has 0 bridgehead atoms. The van der Waals surface area contributed by atoms with Crippen molar-refractivity contribution in [3.05, 3.63) is 84.3 Å². The van der Waals surface area contributed by atoms with Gasteiger partial charge in [-0.25, -0.2) is 9.97 Å². The Bertz CT molecular complexity index is 1220. The lowest BCUT2D eigenvalue weighted by molar-refractivity contribution is 0.102. The van der Waals surface area contributed by atoms with Gasteiger partial charge in [-0.15, -0.1) is 0 Å². The molecule has 0 aliphatic carbocycles. The lowest BCUT2D eigenvalue weighted by Gasteiger charge is -2.13. The summed E-state index contributed by atoms with van der Waals surface area (Å²) in [6, 6.07) is 16.7. The third-order valence-corrected chi connectivity index (χ3v) is 4.91. The molecule has 1 N–H and O–H groups in total. The minimum atomic E-state index is -0.345. The van der Waals surface area contributed by atoms with Gasteiger partial charge in [0.25, 0.3) is 5.91 Å². The van der Waals surface area contributed by atoms with Crippen LogP contribution in [0.4, 0.5) is 5.69 Å². The highest BCUT2D eigenvalue weighted by molar-refractivity contribution is 6.08. The fraction of sp³-hybridized carbons (Fsp3) is 0.120. The lowest BCUT2D eigenvalue weighted by Crippen LogP contribution is -2.15. The van der Waals surface area contributed by atoms with Crippen LogP contribution in [0.3, 0.4) is 0 Å². The highest BCUT2D eigenvalue weighted by atomic mass is 16.5. The maximum Gasteiger partial charge on any atom is 0.259 e. The molecule has 2 heterocycles. The van der Waals surface area contributed by atoms with Gasteiger partial charge in [-0.2, -0.15) is 0 Å². The number of aromatic nitrogens is 3. The zero-order chi connectivity index (χ0) is 22.5. The maximum atomic E-state index is 13.2. The van der Waals surface area contributed by atoms with E-state index in [0.717, 1.165) is 16.7 Å². The number of aryl methyl sites for hydroxylation is 1. The van der Waals surface area contributed by atoms with Crippen molar-refractivity contribution in [1.29, 1.82) is 0 Å². The SMILES string of the molecule is COc1cc(NC(=O)c2cnc(-c3ccc(C)cc3)nc2-c2ccncc2)cc(OC)c1. The van der Waals surface area contributed by atoms with Crippen molar-refractivity contribution < 1.29 is 14.3 Å². The van der Waals surface area contributed by atoms with Gasteiger partial charge >= 0.3 is 0 Å². The Morgan fingerprint density at radius 2 is 1.53 bits per heavy atom. The molecule has 7 heteroatoms. The van der Waals surface area contributed by atoms with E-state index in [4.69, 9.17) is 14.5 Å². The number of anilines is 1. The molecule has 2 aromatic heterocycles. The van der Waals surface area contributed by atoms with Crippen molar-refractivity contribution in [1.82, 2.24) is 15.0 Å². The number of ether oxygens (including phenoxy) is 2. The average molecular weight is 426 g/mol. The molecule has 0 saturated heterocycles. The van der Waals surface area contributed by atoms with Crippen molar-refractivity contribution in [3.8, 4) is 34.1 Å². The second-order valence-electron chi connectivity index (χ2n) is 7.11. The van der Waals surface area contributed by atoms with Crippen molar-refractivity contribution in [2.75, 3.05) is 19.5 Å². The van der Waals surface area contributed by atoms with E-state index in [1.54, 1.807) is 51.0 Å². The van der Waals surface area contributed by atoms with Gasteiger partial charge in [0.1, 0.15) is 11.5 Å².